The molecule has 0 amide bonds. The Morgan fingerprint density at radius 3 is 2.48 bits per heavy atom. The Labute approximate surface area is 196 Å². The summed E-state index contributed by atoms with van der Waals surface area (Å²) in [4.78, 5) is 6.06. The number of hydrogen-bond donors (Lipinski definition) is 5. The first-order chi connectivity index (χ1) is 15.3. The largest absolute Gasteiger partial charge is 0.378 e. The number of thioether (sulfide) groups is 1. The van der Waals surface area contributed by atoms with Crippen molar-refractivity contribution in [2.45, 2.75) is 62.6 Å². The predicted molar refractivity (Wildman–Crippen MR) is 129 cm³/mol. The van der Waals surface area contributed by atoms with E-state index in [0.717, 1.165) is 19.1 Å². The van der Waals surface area contributed by atoms with Crippen LogP contribution >= 0.6 is 11.8 Å². The number of nitrogens with one attached hydrogen (secondary N) is 4. The van der Waals surface area contributed by atoms with Gasteiger partial charge in [-0.3, -0.25) is 5.41 Å². The molecule has 2 unspecified atom stereocenters. The normalized spacial score (nSPS) is 23.0. The predicted octanol–water partition coefficient (Wildman–Crippen LogP) is 2.62. The van der Waals surface area contributed by atoms with Gasteiger partial charge in [-0.1, -0.05) is 0 Å². The van der Waals surface area contributed by atoms with Gasteiger partial charge in [0.15, 0.2) is 5.17 Å². The number of nitrogens with two attached hydrogens (primary N) is 1. The van der Waals surface area contributed by atoms with Crippen LogP contribution < -0.4 is 20.7 Å². The monoisotopic (exact) mass is 501 g/mol. The molecular weight excluding hydrogens is 472 g/mol. The maximum Gasteiger partial charge on any atom is 0.286 e. The molecule has 13 heteroatoms. The van der Waals surface area contributed by atoms with E-state index in [1.54, 1.807) is 0 Å². The molecule has 0 bridgehead atoms. The first kappa shape index (κ1) is 25.5. The van der Waals surface area contributed by atoms with Crippen molar-refractivity contribution in [2.24, 2.45) is 10.7 Å². The number of halogens is 2. The quantitative estimate of drug-likeness (QED) is 0.287. The van der Waals surface area contributed by atoms with E-state index in [9.17, 15) is 17.2 Å². The van der Waals surface area contributed by atoms with Gasteiger partial charge in [0, 0.05) is 48.2 Å². The Morgan fingerprint density at radius 1 is 1.36 bits per heavy atom. The molecule has 9 nitrogen and oxygen atoms in total. The number of hydrogen-bond acceptors (Lipinski definition) is 8. The van der Waals surface area contributed by atoms with Crippen molar-refractivity contribution in [1.82, 2.24) is 10.0 Å². The smallest absolute Gasteiger partial charge is 0.286 e. The highest BCUT2D eigenvalue weighted by molar-refractivity contribution is 8.26. The third kappa shape index (κ3) is 6.28. The first-order valence-electron chi connectivity index (χ1n) is 10.5. The maximum absolute atomic E-state index is 13.1. The van der Waals surface area contributed by atoms with Crippen LogP contribution in [0.3, 0.4) is 0 Å². The van der Waals surface area contributed by atoms with E-state index in [1.807, 2.05) is 25.7 Å². The molecule has 1 saturated carbocycles. The molecule has 3 rings (SSSR count). The molecule has 182 valence electrons. The molecule has 33 heavy (non-hydrogen) atoms. The van der Waals surface area contributed by atoms with Gasteiger partial charge in [0.05, 0.1) is 10.6 Å². The minimum Gasteiger partial charge on any atom is -0.378 e. The van der Waals surface area contributed by atoms with Crippen LogP contribution in [0.15, 0.2) is 22.0 Å². The maximum atomic E-state index is 13.1. The van der Waals surface area contributed by atoms with Gasteiger partial charge in [-0.2, -0.15) is 0 Å². The van der Waals surface area contributed by atoms with Crippen LogP contribution in [0.4, 0.5) is 20.2 Å². The zero-order valence-corrected chi connectivity index (χ0v) is 20.3. The molecule has 1 aliphatic carbocycles. The number of aliphatic imine (C=N–C) groups is 1. The Bertz CT molecular complexity index is 1060. The summed E-state index contributed by atoms with van der Waals surface area (Å²) in [5, 5.41) is 17.4. The fourth-order valence-electron chi connectivity index (χ4n) is 3.75. The number of benzene rings is 1. The van der Waals surface area contributed by atoms with Gasteiger partial charge < -0.3 is 21.4 Å². The lowest BCUT2D eigenvalue weighted by molar-refractivity contribution is 0.228. The van der Waals surface area contributed by atoms with E-state index in [-0.39, 0.29) is 27.8 Å². The minimum absolute atomic E-state index is 0.0458. The van der Waals surface area contributed by atoms with Gasteiger partial charge in [-0.15, -0.1) is 0 Å². The van der Waals surface area contributed by atoms with Crippen molar-refractivity contribution in [3.05, 3.63) is 17.7 Å². The number of rotatable bonds is 7. The van der Waals surface area contributed by atoms with Gasteiger partial charge in [0.1, 0.15) is 5.04 Å². The van der Waals surface area contributed by atoms with Crippen LogP contribution in [0, 0.1) is 10.8 Å². The van der Waals surface area contributed by atoms with Gasteiger partial charge >= 0.3 is 0 Å². The van der Waals surface area contributed by atoms with Crippen LogP contribution in [0.25, 0.3) is 0 Å². The second-order valence-corrected chi connectivity index (χ2v) is 11.5. The molecule has 0 radical (unpaired) electrons. The van der Waals surface area contributed by atoms with Crippen molar-refractivity contribution in [3.63, 3.8) is 0 Å². The first-order valence-corrected chi connectivity index (χ1v) is 12.8. The lowest BCUT2D eigenvalue weighted by atomic mass is 10.1. The van der Waals surface area contributed by atoms with E-state index >= 15 is 0 Å². The minimum atomic E-state index is -3.91. The summed E-state index contributed by atoms with van der Waals surface area (Å²) in [6.07, 6.45) is -0.488. The summed E-state index contributed by atoms with van der Waals surface area (Å²) < 4.78 is 54.5. The van der Waals surface area contributed by atoms with E-state index in [4.69, 9.17) is 16.6 Å². The van der Waals surface area contributed by atoms with Crippen LogP contribution in [0.2, 0.25) is 0 Å². The van der Waals surface area contributed by atoms with Gasteiger partial charge in [0.25, 0.3) is 6.43 Å². The number of anilines is 1. The molecule has 0 aromatic heterocycles. The fourth-order valence-corrected chi connectivity index (χ4v) is 5.71. The summed E-state index contributed by atoms with van der Waals surface area (Å²) >= 11 is 0.295. The summed E-state index contributed by atoms with van der Waals surface area (Å²) in [6.45, 7) is 6.98. The second-order valence-electron chi connectivity index (χ2n) is 8.78. The van der Waals surface area contributed by atoms with Crippen molar-refractivity contribution in [2.75, 3.05) is 18.0 Å². The molecule has 1 aromatic rings. The number of nitrogens with zero attached hydrogens (tertiary/aromatic N) is 2. The molecule has 2 fully saturated rings. The highest BCUT2D eigenvalue weighted by Gasteiger charge is 2.41. The lowest BCUT2D eigenvalue weighted by Gasteiger charge is -2.38. The molecule has 1 heterocycles. The third-order valence-corrected chi connectivity index (χ3v) is 7.80. The standard InChI is InChI=1S/C20H29F2N7O2S2/c1-11-9-29(10-12(2)26-11)16-7-13(33(30,31)28-20(3)4-5-20)6-15(14(16)8-23)27-19(25)32-18(24)17(21)22/h6-8,11-12,17,23-24,26,28H,4-5,9-10H2,1-3H3,(H2,25,27). The molecule has 6 N–H and O–H groups in total. The molecule has 1 aliphatic heterocycles. The molecule has 1 aromatic carbocycles. The van der Waals surface area contributed by atoms with Crippen LogP contribution in [-0.2, 0) is 10.0 Å². The molecule has 1 saturated heterocycles. The van der Waals surface area contributed by atoms with E-state index in [0.29, 0.717) is 36.1 Å². The van der Waals surface area contributed by atoms with Crippen molar-refractivity contribution >= 4 is 49.6 Å². The lowest BCUT2D eigenvalue weighted by Crippen LogP contribution is -2.54. The SMILES string of the molecule is CC1CN(c2cc(S(=O)(=O)NC3(C)CC3)cc(N=C(N)SC(=N)C(F)F)c2C=N)CC(C)N1. The van der Waals surface area contributed by atoms with E-state index in [1.165, 1.54) is 12.1 Å². The summed E-state index contributed by atoms with van der Waals surface area (Å²) in [5.41, 5.74) is 6.17. The zero-order valence-electron chi connectivity index (χ0n) is 18.7. The number of alkyl halides is 2. The summed E-state index contributed by atoms with van der Waals surface area (Å²) in [6, 6.07) is 3.04. The number of piperazine rings is 1. The van der Waals surface area contributed by atoms with Gasteiger partial charge in [0.2, 0.25) is 10.0 Å². The van der Waals surface area contributed by atoms with Gasteiger partial charge in [-0.05, 0) is 57.5 Å². The molecule has 0 spiro atoms. The highest BCUT2D eigenvalue weighted by Crippen LogP contribution is 2.38. The van der Waals surface area contributed by atoms with E-state index < -0.39 is 27.0 Å². The molecular formula is C20H29F2N7O2S2. The van der Waals surface area contributed by atoms with Crippen LogP contribution in [0.1, 0.15) is 39.2 Å². The molecule has 2 atom stereocenters. The average molecular weight is 502 g/mol. The second kappa shape index (κ2) is 9.65. The highest BCUT2D eigenvalue weighted by atomic mass is 32.2. The molecule has 2 aliphatic rings. The number of sulfonamides is 1. The zero-order chi connectivity index (χ0) is 24.6. The Hall–Kier alpha value is -2.09. The Kier molecular flexibility index (Phi) is 7.46. The number of amidine groups is 1. The van der Waals surface area contributed by atoms with Crippen LogP contribution in [-0.4, -0.2) is 62.0 Å². The van der Waals surface area contributed by atoms with Crippen molar-refractivity contribution in [3.8, 4) is 0 Å². The van der Waals surface area contributed by atoms with Gasteiger partial charge in [-0.25, -0.2) is 26.9 Å². The van der Waals surface area contributed by atoms with Crippen LogP contribution in [0.5, 0.6) is 0 Å². The summed E-state index contributed by atoms with van der Waals surface area (Å²) in [7, 11) is -3.91. The Morgan fingerprint density at radius 2 is 1.97 bits per heavy atom. The van der Waals surface area contributed by atoms with E-state index in [2.05, 4.69) is 15.0 Å². The topological polar surface area (TPSA) is 148 Å². The van der Waals surface area contributed by atoms with Crippen molar-refractivity contribution < 1.29 is 17.2 Å². The van der Waals surface area contributed by atoms with Crippen molar-refractivity contribution in [1.29, 1.82) is 10.8 Å². The average Bonchev–Trinajstić information content (AvgIpc) is 3.41. The summed E-state index contributed by atoms with van der Waals surface area (Å²) in [5.74, 6) is 0. The third-order valence-electron chi connectivity index (χ3n) is 5.49. The Balaban J connectivity index is 2.12. The fraction of sp³-hybridized carbons (Fsp3) is 0.550.